The minimum Gasteiger partial charge on any atom is -0.349 e. The van der Waals surface area contributed by atoms with Gasteiger partial charge in [-0.2, -0.15) is 4.98 Å². The molecule has 0 spiro atoms. The van der Waals surface area contributed by atoms with Crippen molar-refractivity contribution in [2.75, 3.05) is 6.54 Å². The van der Waals surface area contributed by atoms with Gasteiger partial charge in [0.25, 0.3) is 11.7 Å². The monoisotopic (exact) mass is 289 g/mol. The lowest BCUT2D eigenvalue weighted by Gasteiger charge is -2.14. The predicted molar refractivity (Wildman–Crippen MR) is 81.2 cm³/mol. The number of amides is 1. The zero-order valence-corrected chi connectivity index (χ0v) is 13.0. The molecule has 2 aromatic rings. The number of hydrogen-bond donors (Lipinski definition) is 1. The Kier molecular flexibility index (Phi) is 5.25. The van der Waals surface area contributed by atoms with Gasteiger partial charge < -0.3 is 5.32 Å². The summed E-state index contributed by atoms with van der Waals surface area (Å²) in [4.78, 5) is 20.4. The molecule has 2 rings (SSSR count). The van der Waals surface area contributed by atoms with Gasteiger partial charge in [0.2, 0.25) is 5.82 Å². The first-order valence-electron chi connectivity index (χ1n) is 7.62. The van der Waals surface area contributed by atoms with Crippen molar-refractivity contribution in [3.63, 3.8) is 0 Å². The number of nitrogens with one attached hydrogen (secondary N) is 1. The number of unbranched alkanes of at least 4 members (excludes halogenated alkanes) is 1. The van der Waals surface area contributed by atoms with E-state index < -0.39 is 0 Å². The lowest BCUT2D eigenvalue weighted by Crippen LogP contribution is -2.30. The minimum absolute atomic E-state index is 0.183. The number of nitrogens with zero attached hydrogens (tertiary/aromatic N) is 4. The van der Waals surface area contributed by atoms with Crippen molar-refractivity contribution in [1.29, 1.82) is 0 Å². The highest BCUT2D eigenvalue weighted by molar-refractivity contribution is 5.90. The second kappa shape index (κ2) is 7.15. The first-order chi connectivity index (χ1) is 10.2. The molecule has 0 saturated heterocycles. The number of hydrogen-bond acceptors (Lipinski definition) is 4. The van der Waals surface area contributed by atoms with Crippen LogP contribution in [-0.2, 0) is 0 Å². The van der Waals surface area contributed by atoms with E-state index in [-0.39, 0.29) is 11.7 Å². The van der Waals surface area contributed by atoms with E-state index in [9.17, 15) is 4.79 Å². The summed E-state index contributed by atoms with van der Waals surface area (Å²) in [5, 5.41) is 7.14. The van der Waals surface area contributed by atoms with Crippen LogP contribution >= 0.6 is 0 Å². The van der Waals surface area contributed by atoms with Crippen LogP contribution in [0.2, 0.25) is 0 Å². The van der Waals surface area contributed by atoms with E-state index in [1.54, 1.807) is 10.7 Å². The molecule has 0 aliphatic heterocycles. The Labute approximate surface area is 125 Å². The molecule has 114 valence electrons. The maximum absolute atomic E-state index is 12.1. The Hall–Kier alpha value is -1.98. The molecule has 0 bridgehead atoms. The van der Waals surface area contributed by atoms with Gasteiger partial charge in [-0.15, -0.1) is 5.10 Å². The summed E-state index contributed by atoms with van der Waals surface area (Å²) >= 11 is 0. The van der Waals surface area contributed by atoms with E-state index in [1.807, 2.05) is 13.0 Å². The van der Waals surface area contributed by atoms with E-state index >= 15 is 0 Å². The third-order valence-corrected chi connectivity index (χ3v) is 3.73. The topological polar surface area (TPSA) is 72.2 Å². The lowest BCUT2D eigenvalue weighted by atomic mass is 9.99. The normalized spacial score (nSPS) is 12.5. The molecule has 1 unspecified atom stereocenters. The van der Waals surface area contributed by atoms with Crippen LogP contribution in [0.1, 0.15) is 55.8 Å². The maximum Gasteiger partial charge on any atom is 0.291 e. The Morgan fingerprint density at radius 2 is 2.24 bits per heavy atom. The van der Waals surface area contributed by atoms with Gasteiger partial charge in [-0.25, -0.2) is 9.50 Å². The zero-order chi connectivity index (χ0) is 15.2. The van der Waals surface area contributed by atoms with Crippen molar-refractivity contribution in [2.45, 2.75) is 46.5 Å². The average Bonchev–Trinajstić information content (AvgIpc) is 2.93. The van der Waals surface area contributed by atoms with Gasteiger partial charge in [0.15, 0.2) is 0 Å². The van der Waals surface area contributed by atoms with Gasteiger partial charge in [-0.3, -0.25) is 4.79 Å². The second-order valence-corrected chi connectivity index (χ2v) is 5.36. The van der Waals surface area contributed by atoms with Crippen molar-refractivity contribution in [3.8, 4) is 0 Å². The molecule has 6 heteroatoms. The molecule has 0 aromatic carbocycles. The number of aromatic nitrogens is 4. The highest BCUT2D eigenvalue weighted by Gasteiger charge is 2.15. The molecule has 0 aliphatic carbocycles. The Balaban J connectivity index is 2.00. The maximum atomic E-state index is 12.1. The standard InChI is InChI=1S/C15H23N5O/c1-4-6-7-12(5-2)10-17-14(21)13-18-15-16-9-8-11(3)20(15)19-13/h8-9,12H,4-7,10H2,1-3H3,(H,17,21). The molecule has 0 aliphatic rings. The van der Waals surface area contributed by atoms with Crippen LogP contribution < -0.4 is 5.32 Å². The van der Waals surface area contributed by atoms with Gasteiger partial charge >= 0.3 is 0 Å². The summed E-state index contributed by atoms with van der Waals surface area (Å²) in [6, 6.07) is 1.83. The van der Waals surface area contributed by atoms with Crippen molar-refractivity contribution >= 4 is 11.7 Å². The molecule has 1 atom stereocenters. The van der Waals surface area contributed by atoms with E-state index in [0.717, 1.165) is 18.5 Å². The van der Waals surface area contributed by atoms with E-state index in [2.05, 4.69) is 34.2 Å². The summed E-state index contributed by atoms with van der Waals surface area (Å²) in [7, 11) is 0. The van der Waals surface area contributed by atoms with Gasteiger partial charge in [0, 0.05) is 18.4 Å². The predicted octanol–water partition coefficient (Wildman–Crippen LogP) is 2.38. The molecule has 2 heterocycles. The van der Waals surface area contributed by atoms with Gasteiger partial charge in [0.05, 0.1) is 0 Å². The van der Waals surface area contributed by atoms with Crippen LogP contribution in [0.5, 0.6) is 0 Å². The SMILES string of the molecule is CCCCC(CC)CNC(=O)c1nc2nccc(C)n2n1. The quantitative estimate of drug-likeness (QED) is 0.849. The molecular weight excluding hydrogens is 266 g/mol. The van der Waals surface area contributed by atoms with Gasteiger partial charge in [-0.05, 0) is 25.3 Å². The van der Waals surface area contributed by atoms with Crippen molar-refractivity contribution in [2.24, 2.45) is 5.92 Å². The average molecular weight is 289 g/mol. The highest BCUT2D eigenvalue weighted by Crippen LogP contribution is 2.11. The molecule has 0 fully saturated rings. The third kappa shape index (κ3) is 3.77. The van der Waals surface area contributed by atoms with Crippen LogP contribution in [0.25, 0.3) is 5.78 Å². The number of carbonyl (C=O) groups excluding carboxylic acids is 1. The molecular formula is C15H23N5O. The fraction of sp³-hybridized carbons (Fsp3) is 0.600. The molecule has 21 heavy (non-hydrogen) atoms. The van der Waals surface area contributed by atoms with E-state index in [1.165, 1.54) is 12.8 Å². The first-order valence-corrected chi connectivity index (χ1v) is 7.62. The van der Waals surface area contributed by atoms with Crippen LogP contribution in [0.15, 0.2) is 12.3 Å². The summed E-state index contributed by atoms with van der Waals surface area (Å²) in [5.74, 6) is 0.931. The summed E-state index contributed by atoms with van der Waals surface area (Å²) < 4.78 is 1.59. The third-order valence-electron chi connectivity index (χ3n) is 3.73. The molecule has 1 amide bonds. The Morgan fingerprint density at radius 3 is 2.90 bits per heavy atom. The summed E-state index contributed by atoms with van der Waals surface area (Å²) in [6.45, 7) is 6.92. The van der Waals surface area contributed by atoms with E-state index in [4.69, 9.17) is 0 Å². The summed E-state index contributed by atoms with van der Waals surface area (Å²) in [6.07, 6.45) is 6.26. The summed E-state index contributed by atoms with van der Waals surface area (Å²) in [5.41, 5.74) is 0.904. The molecule has 1 N–H and O–H groups in total. The van der Waals surface area contributed by atoms with Crippen molar-refractivity contribution in [1.82, 2.24) is 24.9 Å². The van der Waals surface area contributed by atoms with Gasteiger partial charge in [0.1, 0.15) is 0 Å². The largest absolute Gasteiger partial charge is 0.349 e. The van der Waals surface area contributed by atoms with Crippen LogP contribution in [-0.4, -0.2) is 32.0 Å². The van der Waals surface area contributed by atoms with Crippen LogP contribution in [0.4, 0.5) is 0 Å². The van der Waals surface area contributed by atoms with Crippen molar-refractivity contribution in [3.05, 3.63) is 23.8 Å². The molecule has 0 radical (unpaired) electrons. The molecule has 0 saturated carbocycles. The number of rotatable bonds is 7. The van der Waals surface area contributed by atoms with Crippen LogP contribution in [0, 0.1) is 12.8 Å². The van der Waals surface area contributed by atoms with Crippen molar-refractivity contribution < 1.29 is 4.79 Å². The highest BCUT2D eigenvalue weighted by atomic mass is 16.2. The fourth-order valence-corrected chi connectivity index (χ4v) is 2.26. The minimum atomic E-state index is -0.227. The van der Waals surface area contributed by atoms with Gasteiger partial charge in [-0.1, -0.05) is 33.1 Å². The van der Waals surface area contributed by atoms with E-state index in [0.29, 0.717) is 18.2 Å². The molecule has 2 aromatic heterocycles. The van der Waals surface area contributed by atoms with Crippen LogP contribution in [0.3, 0.4) is 0 Å². The Morgan fingerprint density at radius 1 is 1.43 bits per heavy atom. The number of fused-ring (bicyclic) bond motifs is 1. The number of aryl methyl sites for hydroxylation is 1. The zero-order valence-electron chi connectivity index (χ0n) is 13.0. The number of carbonyl (C=O) groups is 1. The second-order valence-electron chi connectivity index (χ2n) is 5.36. The lowest BCUT2D eigenvalue weighted by molar-refractivity contribution is 0.0935. The Bertz CT molecular complexity index is 607. The smallest absolute Gasteiger partial charge is 0.291 e. The first kappa shape index (κ1) is 15.4. The fourth-order valence-electron chi connectivity index (χ4n) is 2.26. The molecule has 6 nitrogen and oxygen atoms in total.